The summed E-state index contributed by atoms with van der Waals surface area (Å²) < 4.78 is 6.61. The first-order valence-electron chi connectivity index (χ1n) is 6.27. The molecule has 1 aromatic carbocycles. The van der Waals surface area contributed by atoms with Crippen LogP contribution in [0.1, 0.15) is 30.9 Å². The number of ether oxygens (including phenoxy) is 1. The molecule has 0 fully saturated rings. The van der Waals surface area contributed by atoms with Crippen LogP contribution in [0.5, 0.6) is 0 Å². The molecule has 0 aliphatic carbocycles. The van der Waals surface area contributed by atoms with Crippen LogP contribution in [0.3, 0.4) is 0 Å². The van der Waals surface area contributed by atoms with Gasteiger partial charge in [0, 0.05) is 24.2 Å². The Hall–Kier alpha value is -0.380. The summed E-state index contributed by atoms with van der Waals surface area (Å²) in [6.45, 7) is 7.89. The molecule has 0 bridgehead atoms. The Labute approximate surface area is 113 Å². The lowest BCUT2D eigenvalue weighted by atomic mass is 10.1. The van der Waals surface area contributed by atoms with Gasteiger partial charge in [-0.25, -0.2) is 0 Å². The fourth-order valence-corrected chi connectivity index (χ4v) is 2.20. The molecule has 96 valence electrons. The molecule has 0 spiro atoms. The van der Waals surface area contributed by atoms with Gasteiger partial charge in [0.15, 0.2) is 0 Å². The fourth-order valence-electron chi connectivity index (χ4n) is 1.56. The molecule has 0 aliphatic rings. The minimum absolute atomic E-state index is 0.857. The van der Waals surface area contributed by atoms with Crippen molar-refractivity contribution in [2.45, 2.75) is 33.2 Å². The number of halogens is 1. The van der Waals surface area contributed by atoms with Gasteiger partial charge in [0.1, 0.15) is 0 Å². The van der Waals surface area contributed by atoms with E-state index in [9.17, 15) is 0 Å². The smallest absolute Gasteiger partial charge is 0.0478 e. The van der Waals surface area contributed by atoms with Crippen molar-refractivity contribution in [3.8, 4) is 0 Å². The first kappa shape index (κ1) is 14.7. The maximum atomic E-state index is 5.43. The van der Waals surface area contributed by atoms with Gasteiger partial charge in [0.2, 0.25) is 0 Å². The van der Waals surface area contributed by atoms with Gasteiger partial charge in [-0.05, 0) is 43.5 Å². The van der Waals surface area contributed by atoms with Crippen molar-refractivity contribution < 1.29 is 4.74 Å². The Kier molecular flexibility index (Phi) is 7.49. The third-order valence-corrected chi connectivity index (χ3v) is 3.25. The van der Waals surface area contributed by atoms with Crippen molar-refractivity contribution in [2.24, 2.45) is 0 Å². The molecule has 1 N–H and O–H groups in total. The Morgan fingerprint density at radius 1 is 1.29 bits per heavy atom. The normalized spacial score (nSPS) is 10.8. The molecule has 0 saturated heterocycles. The third-order valence-electron chi connectivity index (χ3n) is 2.51. The van der Waals surface area contributed by atoms with Gasteiger partial charge in [0.25, 0.3) is 0 Å². The largest absolute Gasteiger partial charge is 0.381 e. The van der Waals surface area contributed by atoms with Gasteiger partial charge in [-0.1, -0.05) is 35.0 Å². The molecule has 17 heavy (non-hydrogen) atoms. The lowest BCUT2D eigenvalue weighted by Crippen LogP contribution is -2.16. The van der Waals surface area contributed by atoms with Crippen LogP contribution < -0.4 is 5.32 Å². The van der Waals surface area contributed by atoms with Crippen LogP contribution in [0.15, 0.2) is 22.7 Å². The van der Waals surface area contributed by atoms with E-state index in [1.54, 1.807) is 0 Å². The second-order valence-electron chi connectivity index (χ2n) is 4.24. The number of benzene rings is 1. The number of hydrogen-bond donors (Lipinski definition) is 1. The molecule has 3 heteroatoms. The van der Waals surface area contributed by atoms with E-state index in [1.807, 2.05) is 0 Å². The highest BCUT2D eigenvalue weighted by Gasteiger charge is 1.99. The molecule has 0 unspecified atom stereocenters. The monoisotopic (exact) mass is 299 g/mol. The highest BCUT2D eigenvalue weighted by molar-refractivity contribution is 9.10. The van der Waals surface area contributed by atoms with Crippen LogP contribution in [0.2, 0.25) is 0 Å². The van der Waals surface area contributed by atoms with Crippen LogP contribution in [0.4, 0.5) is 0 Å². The number of aryl methyl sites for hydroxylation is 1. The summed E-state index contributed by atoms with van der Waals surface area (Å²) in [5.41, 5.74) is 2.60. The molecule has 1 rings (SSSR count). The quantitative estimate of drug-likeness (QED) is 0.740. The van der Waals surface area contributed by atoms with Crippen LogP contribution in [-0.2, 0) is 11.3 Å². The zero-order valence-electron chi connectivity index (χ0n) is 10.8. The van der Waals surface area contributed by atoms with E-state index in [4.69, 9.17) is 4.74 Å². The second-order valence-corrected chi connectivity index (χ2v) is 5.09. The molecule has 0 aromatic heterocycles. The van der Waals surface area contributed by atoms with E-state index in [2.05, 4.69) is 53.3 Å². The molecule has 1 aromatic rings. The van der Waals surface area contributed by atoms with Crippen LogP contribution in [0.25, 0.3) is 0 Å². The zero-order valence-corrected chi connectivity index (χ0v) is 12.3. The molecule has 0 aliphatic heterocycles. The Balaban J connectivity index is 2.14. The highest BCUT2D eigenvalue weighted by atomic mass is 79.9. The van der Waals surface area contributed by atoms with Gasteiger partial charge < -0.3 is 10.1 Å². The third kappa shape index (κ3) is 6.20. The number of rotatable bonds is 8. The van der Waals surface area contributed by atoms with Gasteiger partial charge >= 0.3 is 0 Å². The van der Waals surface area contributed by atoms with Crippen molar-refractivity contribution in [1.82, 2.24) is 5.32 Å². The van der Waals surface area contributed by atoms with Gasteiger partial charge in [-0.2, -0.15) is 0 Å². The maximum absolute atomic E-state index is 5.43. The highest BCUT2D eigenvalue weighted by Crippen LogP contribution is 2.17. The summed E-state index contributed by atoms with van der Waals surface area (Å²) in [6.07, 6.45) is 2.17. The second kappa shape index (κ2) is 8.67. The van der Waals surface area contributed by atoms with Gasteiger partial charge in [-0.3, -0.25) is 0 Å². The lowest BCUT2D eigenvalue weighted by molar-refractivity contribution is 0.132. The minimum Gasteiger partial charge on any atom is -0.381 e. The summed E-state index contributed by atoms with van der Waals surface area (Å²) >= 11 is 3.59. The summed E-state index contributed by atoms with van der Waals surface area (Å²) in [7, 11) is 0. The summed E-state index contributed by atoms with van der Waals surface area (Å²) in [4.78, 5) is 0. The molecule has 0 atom stereocenters. The summed E-state index contributed by atoms with van der Waals surface area (Å²) in [5.74, 6) is 0. The molecular formula is C14H22BrNO. The van der Waals surface area contributed by atoms with Gasteiger partial charge in [0.05, 0.1) is 0 Å². The molecule has 0 amide bonds. The van der Waals surface area contributed by atoms with Crippen molar-refractivity contribution in [3.63, 3.8) is 0 Å². The predicted octanol–water partition coefficient (Wildman–Crippen LogP) is 3.66. The van der Waals surface area contributed by atoms with E-state index >= 15 is 0 Å². The van der Waals surface area contributed by atoms with Crippen LogP contribution in [0, 0.1) is 6.92 Å². The topological polar surface area (TPSA) is 21.3 Å². The van der Waals surface area contributed by atoms with Gasteiger partial charge in [-0.15, -0.1) is 0 Å². The van der Waals surface area contributed by atoms with E-state index in [-0.39, 0.29) is 0 Å². The average Bonchev–Trinajstić information content (AvgIpc) is 2.30. The van der Waals surface area contributed by atoms with Crippen molar-refractivity contribution in [3.05, 3.63) is 33.8 Å². The predicted molar refractivity (Wildman–Crippen MR) is 76.3 cm³/mol. The minimum atomic E-state index is 0.857. The fraction of sp³-hybridized carbons (Fsp3) is 0.571. The average molecular weight is 300 g/mol. The van der Waals surface area contributed by atoms with E-state index < -0.39 is 0 Å². The SMILES string of the molecule is CCCOCCCNCc1ccc(C)cc1Br. The maximum Gasteiger partial charge on any atom is 0.0478 e. The van der Waals surface area contributed by atoms with Crippen molar-refractivity contribution in [2.75, 3.05) is 19.8 Å². The molecule has 0 heterocycles. The Morgan fingerprint density at radius 2 is 2.12 bits per heavy atom. The zero-order chi connectivity index (χ0) is 12.5. The van der Waals surface area contributed by atoms with E-state index in [1.165, 1.54) is 15.6 Å². The first-order valence-corrected chi connectivity index (χ1v) is 7.07. The van der Waals surface area contributed by atoms with Crippen LogP contribution in [-0.4, -0.2) is 19.8 Å². The molecule has 2 nitrogen and oxygen atoms in total. The Morgan fingerprint density at radius 3 is 2.82 bits per heavy atom. The standard InChI is InChI=1S/C14H22BrNO/c1-3-8-17-9-4-7-16-11-13-6-5-12(2)10-14(13)15/h5-6,10,16H,3-4,7-9,11H2,1-2H3. The van der Waals surface area contributed by atoms with E-state index in [0.717, 1.165) is 39.1 Å². The number of nitrogens with one attached hydrogen (secondary N) is 1. The van der Waals surface area contributed by atoms with E-state index in [0.29, 0.717) is 0 Å². The first-order chi connectivity index (χ1) is 8.24. The van der Waals surface area contributed by atoms with Crippen LogP contribution >= 0.6 is 15.9 Å². The molecule has 0 radical (unpaired) electrons. The van der Waals surface area contributed by atoms with Crippen molar-refractivity contribution in [1.29, 1.82) is 0 Å². The summed E-state index contributed by atoms with van der Waals surface area (Å²) in [6, 6.07) is 6.47. The lowest BCUT2D eigenvalue weighted by Gasteiger charge is -2.08. The number of hydrogen-bond acceptors (Lipinski definition) is 2. The van der Waals surface area contributed by atoms with Crippen molar-refractivity contribution >= 4 is 15.9 Å². The Bertz CT molecular complexity index is 328. The molecule has 0 saturated carbocycles. The molecular weight excluding hydrogens is 278 g/mol. The summed E-state index contributed by atoms with van der Waals surface area (Å²) in [5, 5.41) is 3.43.